The SMILES string of the molecule is C#CCn1c(=NC(=O)c2ccc(OC)cc2)sc2cccc(OCC)c21. The van der Waals surface area contributed by atoms with Crippen LogP contribution in [0.1, 0.15) is 17.3 Å². The minimum absolute atomic E-state index is 0.304. The maximum absolute atomic E-state index is 12.6. The predicted octanol–water partition coefficient (Wildman–Crippen LogP) is 3.48. The zero-order valence-corrected chi connectivity index (χ0v) is 15.4. The highest BCUT2D eigenvalue weighted by Crippen LogP contribution is 2.27. The maximum Gasteiger partial charge on any atom is 0.279 e. The lowest BCUT2D eigenvalue weighted by Gasteiger charge is -2.07. The summed E-state index contributed by atoms with van der Waals surface area (Å²) in [5.41, 5.74) is 1.35. The first kappa shape index (κ1) is 17.8. The molecule has 0 atom stereocenters. The summed E-state index contributed by atoms with van der Waals surface area (Å²) in [6.07, 6.45) is 5.53. The molecule has 5 nitrogen and oxygen atoms in total. The molecule has 0 fully saturated rings. The van der Waals surface area contributed by atoms with Gasteiger partial charge in [-0.05, 0) is 43.3 Å². The Morgan fingerprint density at radius 3 is 2.69 bits per heavy atom. The normalized spacial score (nSPS) is 11.3. The highest BCUT2D eigenvalue weighted by Gasteiger charge is 2.12. The van der Waals surface area contributed by atoms with Crippen molar-refractivity contribution in [2.75, 3.05) is 13.7 Å². The van der Waals surface area contributed by atoms with Gasteiger partial charge in [-0.2, -0.15) is 4.99 Å². The summed E-state index contributed by atoms with van der Waals surface area (Å²) in [7, 11) is 1.58. The van der Waals surface area contributed by atoms with Gasteiger partial charge in [0.25, 0.3) is 5.91 Å². The number of rotatable bonds is 5. The summed E-state index contributed by atoms with van der Waals surface area (Å²) < 4.78 is 13.6. The zero-order chi connectivity index (χ0) is 18.5. The molecule has 0 saturated heterocycles. The van der Waals surface area contributed by atoms with Gasteiger partial charge in [0.1, 0.15) is 17.0 Å². The molecule has 0 aliphatic heterocycles. The molecule has 0 radical (unpaired) electrons. The maximum atomic E-state index is 12.6. The second-order valence-corrected chi connectivity index (χ2v) is 6.37. The van der Waals surface area contributed by atoms with Crippen LogP contribution in [0.25, 0.3) is 10.2 Å². The monoisotopic (exact) mass is 366 g/mol. The van der Waals surface area contributed by atoms with Crippen LogP contribution < -0.4 is 14.3 Å². The van der Waals surface area contributed by atoms with Gasteiger partial charge in [0.15, 0.2) is 4.80 Å². The average molecular weight is 366 g/mol. The van der Waals surface area contributed by atoms with Crippen molar-refractivity contribution < 1.29 is 14.3 Å². The molecule has 0 saturated carbocycles. The molecule has 0 N–H and O–H groups in total. The molecule has 1 heterocycles. The molecule has 0 unspecified atom stereocenters. The van der Waals surface area contributed by atoms with Gasteiger partial charge in [0, 0.05) is 5.56 Å². The van der Waals surface area contributed by atoms with E-state index < -0.39 is 0 Å². The number of amides is 1. The van der Waals surface area contributed by atoms with E-state index in [2.05, 4.69) is 10.9 Å². The van der Waals surface area contributed by atoms with Crippen LogP contribution in [0.2, 0.25) is 0 Å². The highest BCUT2D eigenvalue weighted by molar-refractivity contribution is 7.16. The van der Waals surface area contributed by atoms with Crippen LogP contribution in [-0.4, -0.2) is 24.2 Å². The van der Waals surface area contributed by atoms with Crippen molar-refractivity contribution >= 4 is 27.5 Å². The van der Waals surface area contributed by atoms with E-state index in [9.17, 15) is 4.79 Å². The largest absolute Gasteiger partial charge is 0.497 e. The van der Waals surface area contributed by atoms with E-state index in [4.69, 9.17) is 15.9 Å². The van der Waals surface area contributed by atoms with E-state index in [0.717, 1.165) is 16.0 Å². The molecule has 132 valence electrons. The summed E-state index contributed by atoms with van der Waals surface area (Å²) in [5.74, 6) is 3.71. The van der Waals surface area contributed by atoms with E-state index in [1.165, 1.54) is 11.3 Å². The van der Waals surface area contributed by atoms with Gasteiger partial charge in [-0.1, -0.05) is 23.3 Å². The van der Waals surface area contributed by atoms with Crippen LogP contribution in [0.3, 0.4) is 0 Å². The van der Waals surface area contributed by atoms with E-state index in [-0.39, 0.29) is 5.91 Å². The zero-order valence-electron chi connectivity index (χ0n) is 14.6. The number of hydrogen-bond donors (Lipinski definition) is 0. The first-order chi connectivity index (χ1) is 12.7. The van der Waals surface area contributed by atoms with Crippen molar-refractivity contribution in [3.63, 3.8) is 0 Å². The Labute approximate surface area is 155 Å². The summed E-state index contributed by atoms with van der Waals surface area (Å²) in [6.45, 7) is 2.77. The Balaban J connectivity index is 2.12. The Morgan fingerprint density at radius 2 is 2.04 bits per heavy atom. The van der Waals surface area contributed by atoms with E-state index in [1.807, 2.05) is 29.7 Å². The fraction of sp³-hybridized carbons (Fsp3) is 0.200. The third kappa shape index (κ3) is 3.48. The van der Waals surface area contributed by atoms with Gasteiger partial charge in [0.2, 0.25) is 0 Å². The van der Waals surface area contributed by atoms with Crippen LogP contribution in [0.5, 0.6) is 11.5 Å². The Morgan fingerprint density at radius 1 is 1.27 bits per heavy atom. The second-order valence-electron chi connectivity index (χ2n) is 5.36. The van der Waals surface area contributed by atoms with Crippen molar-refractivity contribution in [1.29, 1.82) is 0 Å². The van der Waals surface area contributed by atoms with Crippen LogP contribution >= 0.6 is 11.3 Å². The summed E-state index contributed by atoms with van der Waals surface area (Å²) in [4.78, 5) is 17.4. The number of ether oxygens (including phenoxy) is 2. The van der Waals surface area contributed by atoms with E-state index >= 15 is 0 Å². The topological polar surface area (TPSA) is 52.8 Å². The molecule has 1 aromatic heterocycles. The fourth-order valence-corrected chi connectivity index (χ4v) is 3.62. The lowest BCUT2D eigenvalue weighted by atomic mass is 10.2. The van der Waals surface area contributed by atoms with Gasteiger partial charge in [0.05, 0.1) is 25.0 Å². The van der Waals surface area contributed by atoms with Gasteiger partial charge >= 0.3 is 0 Å². The highest BCUT2D eigenvalue weighted by atomic mass is 32.1. The van der Waals surface area contributed by atoms with Crippen molar-refractivity contribution in [3.8, 4) is 23.8 Å². The molecular formula is C20H18N2O3S. The lowest BCUT2D eigenvalue weighted by Crippen LogP contribution is -2.17. The third-order valence-electron chi connectivity index (χ3n) is 3.75. The summed E-state index contributed by atoms with van der Waals surface area (Å²) >= 11 is 1.41. The number of fused-ring (bicyclic) bond motifs is 1. The number of methoxy groups -OCH3 is 1. The number of aromatic nitrogens is 1. The molecule has 3 rings (SSSR count). The van der Waals surface area contributed by atoms with Crippen LogP contribution in [-0.2, 0) is 6.54 Å². The van der Waals surface area contributed by atoms with Crippen LogP contribution in [0.15, 0.2) is 47.5 Å². The minimum atomic E-state index is -0.331. The van der Waals surface area contributed by atoms with Gasteiger partial charge in [-0.15, -0.1) is 6.42 Å². The second kappa shape index (κ2) is 7.89. The van der Waals surface area contributed by atoms with Crippen molar-refractivity contribution in [3.05, 3.63) is 52.8 Å². The number of hydrogen-bond acceptors (Lipinski definition) is 4. The minimum Gasteiger partial charge on any atom is -0.497 e. The third-order valence-corrected chi connectivity index (χ3v) is 4.79. The molecule has 2 aromatic carbocycles. The van der Waals surface area contributed by atoms with Gasteiger partial charge in [-0.3, -0.25) is 4.79 Å². The van der Waals surface area contributed by atoms with Crippen LogP contribution in [0, 0.1) is 12.3 Å². The van der Waals surface area contributed by atoms with Gasteiger partial charge < -0.3 is 14.0 Å². The van der Waals surface area contributed by atoms with E-state index in [1.54, 1.807) is 31.4 Å². The number of para-hydroxylation sites is 1. The number of benzene rings is 2. The number of terminal acetylenes is 1. The van der Waals surface area contributed by atoms with E-state index in [0.29, 0.717) is 29.3 Å². The first-order valence-electron chi connectivity index (χ1n) is 8.09. The standard InChI is InChI=1S/C20H18N2O3S/c1-4-13-22-18-16(25-5-2)7-6-8-17(18)26-20(22)21-19(23)14-9-11-15(24-3)12-10-14/h1,6-12H,5,13H2,2-3H3. The Hall–Kier alpha value is -3.04. The summed E-state index contributed by atoms with van der Waals surface area (Å²) in [6, 6.07) is 12.6. The lowest BCUT2D eigenvalue weighted by molar-refractivity contribution is 0.0998. The molecule has 26 heavy (non-hydrogen) atoms. The van der Waals surface area contributed by atoms with Crippen molar-refractivity contribution in [2.45, 2.75) is 13.5 Å². The number of nitrogens with zero attached hydrogens (tertiary/aromatic N) is 2. The fourth-order valence-electron chi connectivity index (χ4n) is 2.58. The molecule has 0 bridgehead atoms. The molecule has 0 aliphatic rings. The predicted molar refractivity (Wildman–Crippen MR) is 103 cm³/mol. The first-order valence-corrected chi connectivity index (χ1v) is 8.91. The molecule has 1 amide bonds. The Kier molecular flexibility index (Phi) is 5.40. The quantitative estimate of drug-likeness (QED) is 0.650. The number of carbonyl (C=O) groups is 1. The number of thiazole rings is 1. The number of carbonyl (C=O) groups excluding carboxylic acids is 1. The Bertz CT molecular complexity index is 1040. The molecule has 0 spiro atoms. The molecule has 0 aliphatic carbocycles. The van der Waals surface area contributed by atoms with Crippen LogP contribution in [0.4, 0.5) is 0 Å². The van der Waals surface area contributed by atoms with Crippen molar-refractivity contribution in [1.82, 2.24) is 4.57 Å². The van der Waals surface area contributed by atoms with Gasteiger partial charge in [-0.25, -0.2) is 0 Å². The average Bonchev–Trinajstić information content (AvgIpc) is 3.00. The molecular weight excluding hydrogens is 348 g/mol. The van der Waals surface area contributed by atoms with Crippen molar-refractivity contribution in [2.24, 2.45) is 4.99 Å². The molecule has 6 heteroatoms. The molecule has 3 aromatic rings. The smallest absolute Gasteiger partial charge is 0.279 e. The summed E-state index contributed by atoms with van der Waals surface area (Å²) in [5, 5.41) is 0.